The van der Waals surface area contributed by atoms with Crippen LogP contribution >= 0.6 is 0 Å². The molecule has 4 heteroatoms. The zero-order chi connectivity index (χ0) is 26.2. The number of benzene rings is 2. The van der Waals surface area contributed by atoms with Gasteiger partial charge in [0.25, 0.3) is 0 Å². The first-order valence-electron chi connectivity index (χ1n) is 14.4. The molecule has 37 heavy (non-hydrogen) atoms. The van der Waals surface area contributed by atoms with Crippen molar-refractivity contribution in [1.82, 2.24) is 0 Å². The highest BCUT2D eigenvalue weighted by Crippen LogP contribution is 2.43. The molecule has 0 amide bonds. The highest BCUT2D eigenvalue weighted by Gasteiger charge is 2.32. The molecule has 2 aromatic carbocycles. The Morgan fingerprint density at radius 2 is 1.59 bits per heavy atom. The first kappa shape index (κ1) is 27.6. The van der Waals surface area contributed by atoms with E-state index in [1.54, 1.807) is 6.07 Å². The quantitative estimate of drug-likeness (QED) is 0.201. The average molecular weight is 507 g/mol. The van der Waals surface area contributed by atoms with Gasteiger partial charge in [-0.3, -0.25) is 0 Å². The van der Waals surface area contributed by atoms with Gasteiger partial charge in [0.2, 0.25) is 0 Å². The summed E-state index contributed by atoms with van der Waals surface area (Å²) in [6.45, 7) is 5.40. The number of aliphatic hydroxyl groups excluding tert-OH is 1. The first-order valence-corrected chi connectivity index (χ1v) is 14.4. The molecule has 2 aliphatic rings. The molecule has 0 bridgehead atoms. The molecule has 0 spiro atoms. The van der Waals surface area contributed by atoms with Gasteiger partial charge >= 0.3 is 5.97 Å². The Hall–Kier alpha value is -2.46. The second-order valence-electron chi connectivity index (χ2n) is 11.2. The van der Waals surface area contributed by atoms with E-state index >= 15 is 0 Å². The fourth-order valence-electron chi connectivity index (χ4n) is 6.36. The fraction of sp³-hybridized carbons (Fsp3) is 0.545. The molecule has 3 nitrogen and oxygen atoms in total. The smallest absolute Gasteiger partial charge is 0.336 e. The molecule has 4 rings (SSSR count). The van der Waals surface area contributed by atoms with Crippen LogP contribution in [0.1, 0.15) is 94.6 Å². The monoisotopic (exact) mass is 506 g/mol. The first-order chi connectivity index (χ1) is 18.0. The fourth-order valence-corrected chi connectivity index (χ4v) is 6.36. The SMILES string of the molecule is C=C(CO)C(=O)OC1CCC(C2CCC(c3ccc(-c4ccc(CCCCC)cc4F)cc3)CC2)CC1. The van der Waals surface area contributed by atoms with Crippen LogP contribution in [0.4, 0.5) is 4.39 Å². The lowest BCUT2D eigenvalue weighted by Crippen LogP contribution is -2.30. The summed E-state index contributed by atoms with van der Waals surface area (Å²) in [7, 11) is 0. The lowest BCUT2D eigenvalue weighted by atomic mass is 9.69. The minimum absolute atomic E-state index is 0.0380. The van der Waals surface area contributed by atoms with E-state index in [1.807, 2.05) is 6.07 Å². The summed E-state index contributed by atoms with van der Waals surface area (Å²) in [5.41, 5.74) is 4.24. The second-order valence-corrected chi connectivity index (χ2v) is 11.2. The molecule has 2 aliphatic carbocycles. The van der Waals surface area contributed by atoms with Crippen molar-refractivity contribution in [2.45, 2.75) is 96.0 Å². The molecule has 0 saturated heterocycles. The van der Waals surface area contributed by atoms with Gasteiger partial charge in [0.1, 0.15) is 11.9 Å². The van der Waals surface area contributed by atoms with Crippen molar-refractivity contribution in [3.05, 3.63) is 71.6 Å². The maximum Gasteiger partial charge on any atom is 0.336 e. The number of ether oxygens (including phenoxy) is 1. The van der Waals surface area contributed by atoms with Crippen molar-refractivity contribution in [2.24, 2.45) is 11.8 Å². The summed E-state index contributed by atoms with van der Waals surface area (Å²) < 4.78 is 20.3. The summed E-state index contributed by atoms with van der Waals surface area (Å²) in [6, 6.07) is 14.3. The van der Waals surface area contributed by atoms with Crippen LogP contribution < -0.4 is 0 Å². The van der Waals surface area contributed by atoms with E-state index in [-0.39, 0.29) is 24.1 Å². The summed E-state index contributed by atoms with van der Waals surface area (Å²) >= 11 is 0. The van der Waals surface area contributed by atoms with Crippen molar-refractivity contribution >= 4 is 5.97 Å². The van der Waals surface area contributed by atoms with Crippen LogP contribution in [0.5, 0.6) is 0 Å². The number of unbranched alkanes of at least 4 members (excludes halogenated alkanes) is 2. The predicted molar refractivity (Wildman–Crippen MR) is 148 cm³/mol. The van der Waals surface area contributed by atoms with Gasteiger partial charge in [0.15, 0.2) is 0 Å². The van der Waals surface area contributed by atoms with Crippen LogP contribution in [0.15, 0.2) is 54.6 Å². The van der Waals surface area contributed by atoms with E-state index in [9.17, 15) is 9.18 Å². The number of hydrogen-bond acceptors (Lipinski definition) is 3. The highest BCUT2D eigenvalue weighted by atomic mass is 19.1. The van der Waals surface area contributed by atoms with Crippen molar-refractivity contribution in [3.63, 3.8) is 0 Å². The normalized spacial score (nSPS) is 24.0. The van der Waals surface area contributed by atoms with Crippen LogP contribution in [0.25, 0.3) is 11.1 Å². The van der Waals surface area contributed by atoms with Gasteiger partial charge in [-0.1, -0.05) is 62.7 Å². The summed E-state index contributed by atoms with van der Waals surface area (Å²) in [5.74, 6) is 1.47. The second kappa shape index (κ2) is 13.4. The molecule has 2 fully saturated rings. The van der Waals surface area contributed by atoms with Crippen LogP contribution in [-0.2, 0) is 16.0 Å². The van der Waals surface area contributed by atoms with Gasteiger partial charge in [-0.2, -0.15) is 0 Å². The summed E-state index contributed by atoms with van der Waals surface area (Å²) in [6.07, 6.45) is 13.3. The lowest BCUT2D eigenvalue weighted by Gasteiger charge is -2.37. The van der Waals surface area contributed by atoms with Crippen LogP contribution in [0.3, 0.4) is 0 Å². The average Bonchev–Trinajstić information content (AvgIpc) is 2.93. The number of rotatable bonds is 10. The third kappa shape index (κ3) is 7.31. The van der Waals surface area contributed by atoms with Crippen LogP contribution in [0, 0.1) is 17.7 Å². The Morgan fingerprint density at radius 3 is 2.19 bits per heavy atom. The molecule has 0 aromatic heterocycles. The van der Waals surface area contributed by atoms with Gasteiger partial charge in [0.05, 0.1) is 12.2 Å². The molecule has 0 aliphatic heterocycles. The Bertz CT molecular complexity index is 1030. The Balaban J connectivity index is 1.25. The number of aliphatic hydroxyl groups is 1. The zero-order valence-electron chi connectivity index (χ0n) is 22.4. The number of carbonyl (C=O) groups is 1. The van der Waals surface area contributed by atoms with E-state index in [2.05, 4.69) is 43.8 Å². The molecular weight excluding hydrogens is 463 g/mol. The Labute approximate surface area is 222 Å². The van der Waals surface area contributed by atoms with Crippen molar-refractivity contribution in [3.8, 4) is 11.1 Å². The van der Waals surface area contributed by atoms with E-state index in [4.69, 9.17) is 9.84 Å². The Kier molecular flexibility index (Phi) is 9.96. The van der Waals surface area contributed by atoms with E-state index < -0.39 is 5.97 Å². The van der Waals surface area contributed by atoms with Gasteiger partial charge in [0, 0.05) is 5.56 Å². The minimum atomic E-state index is -0.459. The van der Waals surface area contributed by atoms with Crippen LogP contribution in [-0.4, -0.2) is 23.8 Å². The van der Waals surface area contributed by atoms with Gasteiger partial charge in [-0.05, 0) is 105 Å². The molecule has 200 valence electrons. The maximum atomic E-state index is 14.8. The third-order valence-electron chi connectivity index (χ3n) is 8.71. The van der Waals surface area contributed by atoms with Crippen molar-refractivity contribution < 1.29 is 19.0 Å². The Morgan fingerprint density at radius 1 is 0.946 bits per heavy atom. The molecule has 0 heterocycles. The molecule has 0 atom stereocenters. The highest BCUT2D eigenvalue weighted by molar-refractivity contribution is 5.88. The molecule has 1 N–H and O–H groups in total. The number of aryl methyl sites for hydroxylation is 1. The topological polar surface area (TPSA) is 46.5 Å². The van der Waals surface area contributed by atoms with Gasteiger partial charge in [-0.15, -0.1) is 0 Å². The zero-order valence-corrected chi connectivity index (χ0v) is 22.4. The lowest BCUT2D eigenvalue weighted by molar-refractivity contribution is -0.146. The third-order valence-corrected chi connectivity index (χ3v) is 8.71. The van der Waals surface area contributed by atoms with Gasteiger partial charge in [-0.25, -0.2) is 9.18 Å². The number of carbonyl (C=O) groups excluding carboxylic acids is 1. The number of esters is 1. The van der Waals surface area contributed by atoms with Crippen molar-refractivity contribution in [1.29, 1.82) is 0 Å². The maximum absolute atomic E-state index is 14.8. The molecule has 0 radical (unpaired) electrons. The standard InChI is InChI=1S/C33H43FO3/c1-3-4-5-6-24-7-20-31(32(34)21-24)29-14-12-27(13-15-29)25-8-10-26(11-9-25)28-16-18-30(19-17-28)37-33(36)23(2)22-35/h7,12-15,20-21,25-26,28,30,35H,2-6,8-11,16-19,22H2,1H3. The molecule has 2 aromatic rings. The largest absolute Gasteiger partial charge is 0.459 e. The van der Waals surface area contributed by atoms with Crippen molar-refractivity contribution in [2.75, 3.05) is 6.61 Å². The minimum Gasteiger partial charge on any atom is -0.459 e. The summed E-state index contributed by atoms with van der Waals surface area (Å²) in [5, 5.41) is 9.05. The van der Waals surface area contributed by atoms with E-state index in [1.165, 1.54) is 44.1 Å². The number of hydrogen-bond donors (Lipinski definition) is 1. The van der Waals surface area contributed by atoms with E-state index in [0.29, 0.717) is 17.4 Å². The molecule has 0 unspecified atom stereocenters. The molecular formula is C33H43FO3. The summed E-state index contributed by atoms with van der Waals surface area (Å²) in [4.78, 5) is 11.9. The van der Waals surface area contributed by atoms with E-state index in [0.717, 1.165) is 55.6 Å². The van der Waals surface area contributed by atoms with Gasteiger partial charge < -0.3 is 9.84 Å². The predicted octanol–water partition coefficient (Wildman–Crippen LogP) is 8.15. The molecule has 2 saturated carbocycles. The number of halogens is 1. The van der Waals surface area contributed by atoms with Crippen LogP contribution in [0.2, 0.25) is 0 Å².